The molecule has 53 heavy (non-hydrogen) atoms. The van der Waals surface area contributed by atoms with E-state index in [0.717, 1.165) is 33.5 Å². The second-order valence-corrected chi connectivity index (χ2v) is 14.7. The van der Waals surface area contributed by atoms with Crippen molar-refractivity contribution in [2.24, 2.45) is 0 Å². The largest absolute Gasteiger partial charge is 0.309 e. The topological polar surface area (TPSA) is 33.6 Å². The summed E-state index contributed by atoms with van der Waals surface area (Å²) in [4.78, 5) is 0. The Balaban J connectivity index is 1.10. The molecule has 0 amide bonds. The fourth-order valence-corrected chi connectivity index (χ4v) is 9.55. The van der Waals surface area contributed by atoms with E-state index in [1.165, 1.54) is 63.9 Å². The molecule has 0 saturated heterocycles. The molecule has 3 nitrogen and oxygen atoms in total. The van der Waals surface area contributed by atoms with Crippen LogP contribution in [0.15, 0.2) is 176 Å². The van der Waals surface area contributed by atoms with Gasteiger partial charge in [0.1, 0.15) is 0 Å². The van der Waals surface area contributed by atoms with E-state index in [0.29, 0.717) is 5.56 Å². The van der Waals surface area contributed by atoms with Gasteiger partial charge in [-0.1, -0.05) is 97.1 Å². The predicted molar refractivity (Wildman–Crippen MR) is 224 cm³/mol. The second-order valence-electron chi connectivity index (χ2n) is 13.7. The summed E-state index contributed by atoms with van der Waals surface area (Å²) in [6.07, 6.45) is 0. The Labute approximate surface area is 309 Å². The number of rotatable bonds is 4. The number of fused-ring (bicyclic) bond motifs is 9. The lowest BCUT2D eigenvalue weighted by atomic mass is 9.97. The molecule has 3 heterocycles. The lowest BCUT2D eigenvalue weighted by Crippen LogP contribution is -1.96. The van der Waals surface area contributed by atoms with Crippen LogP contribution >= 0.6 is 11.3 Å². The lowest BCUT2D eigenvalue weighted by Gasteiger charge is -2.13. The third-order valence-corrected chi connectivity index (χ3v) is 11.8. The summed E-state index contributed by atoms with van der Waals surface area (Å²) in [7, 11) is 0. The van der Waals surface area contributed by atoms with Gasteiger partial charge in [0.2, 0.25) is 0 Å². The molecule has 0 aliphatic carbocycles. The van der Waals surface area contributed by atoms with E-state index in [9.17, 15) is 5.26 Å². The van der Waals surface area contributed by atoms with Crippen molar-refractivity contribution in [1.82, 2.24) is 9.13 Å². The van der Waals surface area contributed by atoms with Gasteiger partial charge < -0.3 is 9.13 Å². The minimum Gasteiger partial charge on any atom is -0.309 e. The van der Waals surface area contributed by atoms with Crippen molar-refractivity contribution in [3.63, 3.8) is 0 Å². The van der Waals surface area contributed by atoms with Gasteiger partial charge in [-0.25, -0.2) is 0 Å². The van der Waals surface area contributed by atoms with E-state index in [1.54, 1.807) is 0 Å². The normalized spacial score (nSPS) is 11.8. The Hall–Kier alpha value is -6.93. The number of aromatic nitrogens is 2. The van der Waals surface area contributed by atoms with Crippen LogP contribution < -0.4 is 0 Å². The highest BCUT2D eigenvalue weighted by molar-refractivity contribution is 7.25. The minimum atomic E-state index is 0.638. The summed E-state index contributed by atoms with van der Waals surface area (Å²) in [5.74, 6) is 0. The van der Waals surface area contributed by atoms with Crippen LogP contribution in [0.5, 0.6) is 0 Å². The zero-order valence-electron chi connectivity index (χ0n) is 28.5. The van der Waals surface area contributed by atoms with Crippen LogP contribution in [0, 0.1) is 11.3 Å². The molecule has 0 atom stereocenters. The van der Waals surface area contributed by atoms with Crippen molar-refractivity contribution in [3.05, 3.63) is 181 Å². The number of nitriles is 1. The highest BCUT2D eigenvalue weighted by Gasteiger charge is 2.18. The third-order valence-electron chi connectivity index (χ3n) is 10.7. The molecule has 8 aromatic carbocycles. The van der Waals surface area contributed by atoms with E-state index in [-0.39, 0.29) is 0 Å². The first-order valence-electron chi connectivity index (χ1n) is 17.8. The van der Waals surface area contributed by atoms with Crippen LogP contribution in [-0.2, 0) is 0 Å². The fraction of sp³-hybridized carbons (Fsp3) is 0. The molecule has 246 valence electrons. The first-order chi connectivity index (χ1) is 26.2. The first-order valence-corrected chi connectivity index (χ1v) is 18.6. The van der Waals surface area contributed by atoms with Gasteiger partial charge >= 0.3 is 0 Å². The predicted octanol–water partition coefficient (Wildman–Crippen LogP) is 13.5. The van der Waals surface area contributed by atoms with Gasteiger partial charge in [0.05, 0.1) is 33.7 Å². The van der Waals surface area contributed by atoms with Gasteiger partial charge in [-0.05, 0) is 101 Å². The summed E-state index contributed by atoms with van der Waals surface area (Å²) in [5, 5.41) is 17.6. The van der Waals surface area contributed by atoms with Crippen LogP contribution in [0.3, 0.4) is 0 Å². The average molecular weight is 692 g/mol. The molecule has 0 radical (unpaired) electrons. The first kappa shape index (κ1) is 29.8. The van der Waals surface area contributed by atoms with Crippen molar-refractivity contribution in [3.8, 4) is 39.7 Å². The van der Waals surface area contributed by atoms with Crippen molar-refractivity contribution >= 4 is 75.1 Å². The Kier molecular flexibility index (Phi) is 6.48. The smallest absolute Gasteiger partial charge is 0.0992 e. The molecule has 0 aliphatic rings. The minimum absolute atomic E-state index is 0.638. The fourth-order valence-electron chi connectivity index (χ4n) is 8.41. The van der Waals surface area contributed by atoms with Gasteiger partial charge in [-0.2, -0.15) is 5.26 Å². The molecule has 0 bridgehead atoms. The molecule has 11 aromatic rings. The summed E-state index contributed by atoms with van der Waals surface area (Å²) in [6.45, 7) is 0. The van der Waals surface area contributed by atoms with E-state index < -0.39 is 0 Å². The van der Waals surface area contributed by atoms with Gasteiger partial charge in [0.25, 0.3) is 0 Å². The zero-order chi connectivity index (χ0) is 35.0. The highest BCUT2D eigenvalue weighted by Crippen LogP contribution is 2.42. The molecule has 0 unspecified atom stereocenters. The highest BCUT2D eigenvalue weighted by atomic mass is 32.1. The van der Waals surface area contributed by atoms with Crippen LogP contribution in [0.1, 0.15) is 5.56 Å². The Bertz CT molecular complexity index is 3300. The van der Waals surface area contributed by atoms with Gasteiger partial charge in [0, 0.05) is 53.1 Å². The average Bonchev–Trinajstić information content (AvgIpc) is 3.88. The van der Waals surface area contributed by atoms with Crippen molar-refractivity contribution in [1.29, 1.82) is 5.26 Å². The van der Waals surface area contributed by atoms with Crippen molar-refractivity contribution < 1.29 is 0 Å². The Morgan fingerprint density at radius 2 is 0.962 bits per heavy atom. The SMILES string of the molecule is N#Cc1cc(-c2cccc3sc4ccccc4c23)cc(-n2c3ccccc3c3cc(-c4ccc5c(c4)c4ccccc4n5-c4ccccc4)ccc32)c1. The molecule has 3 aromatic heterocycles. The molecular formula is C49H29N3S. The number of hydrogen-bond acceptors (Lipinski definition) is 2. The molecule has 0 spiro atoms. The Morgan fingerprint density at radius 3 is 1.64 bits per heavy atom. The van der Waals surface area contributed by atoms with Crippen LogP contribution in [0.25, 0.3) is 97.4 Å². The molecule has 0 fully saturated rings. The number of benzene rings is 8. The van der Waals surface area contributed by atoms with E-state index in [2.05, 4.69) is 179 Å². The molecular weight excluding hydrogens is 663 g/mol. The third kappa shape index (κ3) is 4.52. The van der Waals surface area contributed by atoms with Crippen LogP contribution in [0.4, 0.5) is 0 Å². The van der Waals surface area contributed by atoms with E-state index in [1.807, 2.05) is 23.5 Å². The quantitative estimate of drug-likeness (QED) is 0.181. The summed E-state index contributed by atoms with van der Waals surface area (Å²) >= 11 is 1.82. The van der Waals surface area contributed by atoms with Gasteiger partial charge in [0.15, 0.2) is 0 Å². The van der Waals surface area contributed by atoms with Gasteiger partial charge in [-0.15, -0.1) is 11.3 Å². The van der Waals surface area contributed by atoms with E-state index >= 15 is 0 Å². The van der Waals surface area contributed by atoms with Crippen LogP contribution in [-0.4, -0.2) is 9.13 Å². The zero-order valence-corrected chi connectivity index (χ0v) is 29.3. The van der Waals surface area contributed by atoms with Gasteiger partial charge in [-0.3, -0.25) is 0 Å². The summed E-state index contributed by atoms with van der Waals surface area (Å²) in [5.41, 5.74) is 11.9. The molecule has 4 heteroatoms. The number of hydrogen-bond donors (Lipinski definition) is 0. The molecule has 11 rings (SSSR count). The second kappa shape index (κ2) is 11.5. The Morgan fingerprint density at radius 1 is 0.396 bits per heavy atom. The van der Waals surface area contributed by atoms with Crippen molar-refractivity contribution in [2.45, 2.75) is 0 Å². The maximum atomic E-state index is 10.3. The van der Waals surface area contributed by atoms with E-state index in [4.69, 9.17) is 0 Å². The molecule has 0 saturated carbocycles. The van der Waals surface area contributed by atoms with Crippen LogP contribution in [0.2, 0.25) is 0 Å². The summed E-state index contributed by atoms with van der Waals surface area (Å²) < 4.78 is 7.20. The maximum absolute atomic E-state index is 10.3. The molecule has 0 aliphatic heterocycles. The standard InChI is InChI=1S/C49H29N3S/c50-30-31-25-34(37-16-10-20-48-49(37)40-15-6-9-19-47(40)53-48)27-36(26-31)52-44-18-8-5-14-39(44)42-29-33(22-24-46(42)52)32-21-23-45-41(28-32)38-13-4-7-17-43(38)51(45)35-11-2-1-3-12-35/h1-29H. The monoisotopic (exact) mass is 691 g/mol. The summed E-state index contributed by atoms with van der Waals surface area (Å²) in [6, 6.07) is 65.4. The number of nitrogens with zero attached hydrogens (tertiary/aromatic N) is 3. The maximum Gasteiger partial charge on any atom is 0.0992 e. The van der Waals surface area contributed by atoms with Crippen molar-refractivity contribution in [2.75, 3.05) is 0 Å². The number of para-hydroxylation sites is 3. The lowest BCUT2D eigenvalue weighted by molar-refractivity contribution is 1.18. The molecule has 0 N–H and O–H groups in total. The number of thiophene rings is 1.